The van der Waals surface area contributed by atoms with Crippen LogP contribution in [0.25, 0.3) is 0 Å². The highest BCUT2D eigenvalue weighted by molar-refractivity contribution is 6.17. The smallest absolute Gasteiger partial charge is 0.338 e. The minimum absolute atomic E-state index is 0.00249. The summed E-state index contributed by atoms with van der Waals surface area (Å²) in [4.78, 5) is 32.6. The summed E-state index contributed by atoms with van der Waals surface area (Å²) in [5, 5.41) is 12.2. The van der Waals surface area contributed by atoms with Crippen LogP contribution in [0.3, 0.4) is 0 Å². The van der Waals surface area contributed by atoms with Crippen LogP contribution in [0.4, 0.5) is 0 Å². The highest BCUT2D eigenvalue weighted by Gasteiger charge is 2.43. The van der Waals surface area contributed by atoms with E-state index in [1.165, 1.54) is 6.07 Å². The average molecular weight is 347 g/mol. The van der Waals surface area contributed by atoms with Crippen LogP contribution in [0, 0.1) is 5.92 Å². The third-order valence-corrected chi connectivity index (χ3v) is 4.67. The van der Waals surface area contributed by atoms with Crippen LogP contribution >= 0.6 is 0 Å². The molecule has 2 N–H and O–H groups in total. The number of rotatable bonds is 7. The van der Waals surface area contributed by atoms with Crippen LogP contribution in [0.5, 0.6) is 0 Å². The van der Waals surface area contributed by atoms with Crippen molar-refractivity contribution >= 4 is 17.7 Å². The molecule has 1 aromatic heterocycles. The molecule has 2 unspecified atom stereocenters. The fraction of sp³-hybridized carbons (Fsp3) is 0.556. The molecule has 25 heavy (non-hydrogen) atoms. The zero-order valence-corrected chi connectivity index (χ0v) is 15.3. The van der Waals surface area contributed by atoms with Gasteiger partial charge < -0.3 is 15.2 Å². The number of nitrogens with one attached hydrogen (secondary N) is 1. The molecular formula is C18H25N3O4. The maximum atomic E-state index is 12.3. The van der Waals surface area contributed by atoms with Gasteiger partial charge in [-0.3, -0.25) is 9.78 Å². The Balaban J connectivity index is 2.36. The predicted molar refractivity (Wildman–Crippen MR) is 93.7 cm³/mol. The second-order valence-electron chi connectivity index (χ2n) is 6.79. The van der Waals surface area contributed by atoms with Gasteiger partial charge in [-0.25, -0.2) is 9.79 Å². The molecule has 1 aromatic rings. The van der Waals surface area contributed by atoms with Crippen molar-refractivity contribution in [2.45, 2.75) is 59.3 Å². The molecule has 1 aliphatic heterocycles. The highest BCUT2D eigenvalue weighted by Crippen LogP contribution is 2.27. The Morgan fingerprint density at radius 2 is 2.08 bits per heavy atom. The Hall–Kier alpha value is -2.28. The minimum atomic E-state index is -1.12. The fourth-order valence-corrected chi connectivity index (χ4v) is 2.34. The Labute approximate surface area is 147 Å². The molecule has 2 atom stereocenters. The van der Waals surface area contributed by atoms with Gasteiger partial charge in [0, 0.05) is 6.20 Å². The van der Waals surface area contributed by atoms with E-state index in [0.717, 1.165) is 6.42 Å². The van der Waals surface area contributed by atoms with Crippen molar-refractivity contribution in [1.82, 2.24) is 10.3 Å². The number of aromatic carboxylic acids is 1. The topological polar surface area (TPSA) is 101 Å². The van der Waals surface area contributed by atoms with E-state index in [4.69, 9.17) is 4.74 Å². The molecule has 0 aromatic carbocycles. The van der Waals surface area contributed by atoms with E-state index in [0.29, 0.717) is 5.56 Å². The molecular weight excluding hydrogens is 322 g/mol. The van der Waals surface area contributed by atoms with E-state index in [1.54, 1.807) is 13.1 Å². The summed E-state index contributed by atoms with van der Waals surface area (Å²) < 4.78 is 5.63. The largest absolute Gasteiger partial charge is 0.478 e. The molecule has 2 heterocycles. The molecule has 0 saturated heterocycles. The predicted octanol–water partition coefficient (Wildman–Crippen LogP) is 2.39. The summed E-state index contributed by atoms with van der Waals surface area (Å²) >= 11 is 0. The lowest BCUT2D eigenvalue weighted by Gasteiger charge is -2.21. The van der Waals surface area contributed by atoms with E-state index < -0.39 is 11.5 Å². The van der Waals surface area contributed by atoms with E-state index in [1.807, 2.05) is 27.7 Å². The van der Waals surface area contributed by atoms with Gasteiger partial charge >= 0.3 is 5.97 Å². The maximum absolute atomic E-state index is 12.3. The first kappa shape index (κ1) is 19.1. The summed E-state index contributed by atoms with van der Waals surface area (Å²) in [7, 11) is 0. The Morgan fingerprint density at radius 1 is 1.40 bits per heavy atom. The lowest BCUT2D eigenvalue weighted by molar-refractivity contribution is -0.124. The lowest BCUT2D eigenvalue weighted by Crippen LogP contribution is -2.41. The van der Waals surface area contributed by atoms with Crippen molar-refractivity contribution in [1.29, 1.82) is 0 Å². The number of carbonyl (C=O) groups is 2. The van der Waals surface area contributed by atoms with Crippen molar-refractivity contribution in [3.8, 4) is 0 Å². The van der Waals surface area contributed by atoms with Gasteiger partial charge in [-0.2, -0.15) is 0 Å². The van der Waals surface area contributed by atoms with Gasteiger partial charge in [0.1, 0.15) is 11.2 Å². The van der Waals surface area contributed by atoms with Crippen molar-refractivity contribution in [2.75, 3.05) is 0 Å². The quantitative estimate of drug-likeness (QED) is 0.789. The van der Waals surface area contributed by atoms with Crippen LogP contribution in [0.1, 0.15) is 62.7 Å². The normalized spacial score (nSPS) is 21.2. The number of nitrogens with zero attached hydrogens (tertiary/aromatic N) is 2. The van der Waals surface area contributed by atoms with Crippen LogP contribution in [0.2, 0.25) is 0 Å². The zero-order chi connectivity index (χ0) is 18.8. The molecule has 1 aliphatic rings. The number of pyridine rings is 1. The minimum Gasteiger partial charge on any atom is -0.478 e. The average Bonchev–Trinajstić information content (AvgIpc) is 2.88. The first-order valence-corrected chi connectivity index (χ1v) is 8.44. The molecule has 0 radical (unpaired) electrons. The standard InChI is InChI=1S/C18H25N3O4/c1-6-11(4)25-9-12-7-13(16(22)23)14(19-8-12)15-20-17(24)18(5,21-15)10(2)3/h7-8,10-11H,6,9H2,1-5H3,(H,22,23)(H,20,21,24). The number of amides is 1. The number of hydrogen-bond donors (Lipinski definition) is 2. The molecule has 0 aliphatic carbocycles. The molecule has 136 valence electrons. The molecule has 1 amide bonds. The van der Waals surface area contributed by atoms with Gasteiger partial charge in [0.25, 0.3) is 5.91 Å². The number of hydrogen-bond acceptors (Lipinski definition) is 5. The van der Waals surface area contributed by atoms with Crippen molar-refractivity contribution < 1.29 is 19.4 Å². The van der Waals surface area contributed by atoms with Crippen LogP contribution in [0.15, 0.2) is 17.3 Å². The lowest BCUT2D eigenvalue weighted by atomic mass is 9.89. The number of carboxylic acids is 1. The van der Waals surface area contributed by atoms with Gasteiger partial charge in [-0.1, -0.05) is 20.8 Å². The fourth-order valence-electron chi connectivity index (χ4n) is 2.34. The molecule has 0 fully saturated rings. The van der Waals surface area contributed by atoms with Gasteiger partial charge in [-0.15, -0.1) is 0 Å². The van der Waals surface area contributed by atoms with Crippen molar-refractivity contribution in [3.05, 3.63) is 29.1 Å². The second-order valence-corrected chi connectivity index (χ2v) is 6.79. The summed E-state index contributed by atoms with van der Waals surface area (Å²) in [6.45, 7) is 9.77. The van der Waals surface area contributed by atoms with Gasteiger partial charge in [-0.05, 0) is 37.8 Å². The molecule has 7 heteroatoms. The number of amidine groups is 1. The molecule has 0 saturated carbocycles. The van der Waals surface area contributed by atoms with Crippen molar-refractivity contribution in [2.24, 2.45) is 10.9 Å². The van der Waals surface area contributed by atoms with E-state index in [9.17, 15) is 14.7 Å². The second kappa shape index (κ2) is 7.31. The Kier molecular flexibility index (Phi) is 5.57. The van der Waals surface area contributed by atoms with Gasteiger partial charge in [0.15, 0.2) is 5.84 Å². The number of ether oxygens (including phenoxy) is 1. The third-order valence-electron chi connectivity index (χ3n) is 4.67. The molecule has 0 spiro atoms. The van der Waals surface area contributed by atoms with Crippen molar-refractivity contribution in [3.63, 3.8) is 0 Å². The maximum Gasteiger partial charge on any atom is 0.338 e. The van der Waals surface area contributed by atoms with E-state index >= 15 is 0 Å². The highest BCUT2D eigenvalue weighted by atomic mass is 16.5. The molecule has 2 rings (SSSR count). The summed E-state index contributed by atoms with van der Waals surface area (Å²) in [5.74, 6) is -1.20. The number of carboxylic acid groups (broad SMARTS) is 1. The van der Waals surface area contributed by atoms with E-state index in [-0.39, 0.29) is 41.6 Å². The summed E-state index contributed by atoms with van der Waals surface area (Å²) in [6.07, 6.45) is 2.51. The number of aliphatic imine (C=N–C) groups is 1. The number of aromatic nitrogens is 1. The molecule has 0 bridgehead atoms. The Bertz CT molecular complexity index is 714. The van der Waals surface area contributed by atoms with Gasteiger partial charge in [0.05, 0.1) is 18.3 Å². The first-order valence-electron chi connectivity index (χ1n) is 8.44. The van der Waals surface area contributed by atoms with E-state index in [2.05, 4.69) is 15.3 Å². The first-order chi connectivity index (χ1) is 11.7. The van der Waals surface area contributed by atoms with Crippen LogP contribution < -0.4 is 5.32 Å². The molecule has 7 nitrogen and oxygen atoms in total. The Morgan fingerprint density at radius 3 is 2.60 bits per heavy atom. The third kappa shape index (κ3) is 3.87. The zero-order valence-electron chi connectivity index (χ0n) is 15.3. The summed E-state index contributed by atoms with van der Waals surface area (Å²) in [6, 6.07) is 1.52. The number of carbonyl (C=O) groups excluding carboxylic acids is 1. The monoisotopic (exact) mass is 347 g/mol. The SMILES string of the molecule is CCC(C)OCc1cnc(C2=NC(C)(C(C)C)C(=O)N2)c(C(=O)O)c1. The van der Waals surface area contributed by atoms with Gasteiger partial charge in [0.2, 0.25) is 0 Å². The summed E-state index contributed by atoms with van der Waals surface area (Å²) in [5.41, 5.74) is -0.0988. The van der Waals surface area contributed by atoms with Crippen LogP contribution in [-0.4, -0.2) is 39.4 Å². The van der Waals surface area contributed by atoms with Crippen LogP contribution in [-0.2, 0) is 16.1 Å².